The minimum Gasteiger partial charge on any atom is -0.546 e. The molecule has 0 unspecified atom stereocenters. The minimum atomic E-state index is -4.71. The summed E-state index contributed by atoms with van der Waals surface area (Å²) in [5, 5.41) is 14.8. The molecule has 10 heteroatoms. The van der Waals surface area contributed by atoms with Crippen LogP contribution in [0.4, 0.5) is 19.0 Å². The SMILES string of the molecule is O=C([O-])COc1ccccc1/C=N\Nc1nc(C(F)(F)F)nc2ccccc12. The largest absolute Gasteiger partial charge is 0.546 e. The highest BCUT2D eigenvalue weighted by Crippen LogP contribution is 2.30. The first-order chi connectivity index (χ1) is 13.3. The molecule has 144 valence electrons. The van der Waals surface area contributed by atoms with Gasteiger partial charge in [-0.2, -0.15) is 18.3 Å². The van der Waals surface area contributed by atoms with Crippen LogP contribution in [0.5, 0.6) is 5.75 Å². The molecule has 0 saturated carbocycles. The number of rotatable bonds is 6. The van der Waals surface area contributed by atoms with E-state index in [1.54, 1.807) is 36.4 Å². The van der Waals surface area contributed by atoms with E-state index in [4.69, 9.17) is 4.74 Å². The van der Waals surface area contributed by atoms with Crippen LogP contribution in [0.2, 0.25) is 0 Å². The molecule has 0 aliphatic rings. The summed E-state index contributed by atoms with van der Waals surface area (Å²) in [5.74, 6) is -2.58. The number of nitrogens with zero attached hydrogens (tertiary/aromatic N) is 3. The molecule has 0 radical (unpaired) electrons. The summed E-state index contributed by atoms with van der Waals surface area (Å²) in [6.07, 6.45) is -3.44. The summed E-state index contributed by atoms with van der Waals surface area (Å²) >= 11 is 0. The van der Waals surface area contributed by atoms with Crippen LogP contribution >= 0.6 is 0 Å². The molecule has 1 heterocycles. The van der Waals surface area contributed by atoms with Crippen molar-refractivity contribution in [3.8, 4) is 5.75 Å². The molecule has 2 aromatic carbocycles. The van der Waals surface area contributed by atoms with Gasteiger partial charge in [0.2, 0.25) is 5.82 Å². The first-order valence-corrected chi connectivity index (χ1v) is 7.89. The lowest BCUT2D eigenvalue weighted by Gasteiger charge is -2.10. The van der Waals surface area contributed by atoms with Gasteiger partial charge in [-0.05, 0) is 24.3 Å². The van der Waals surface area contributed by atoms with Crippen LogP contribution in [0.15, 0.2) is 53.6 Å². The van der Waals surface area contributed by atoms with E-state index in [1.807, 2.05) is 0 Å². The predicted octanol–water partition coefficient (Wildman–Crippen LogP) is 2.22. The van der Waals surface area contributed by atoms with E-state index in [0.717, 1.165) is 0 Å². The number of fused-ring (bicyclic) bond motifs is 1. The van der Waals surface area contributed by atoms with Crippen LogP contribution in [0.25, 0.3) is 10.9 Å². The van der Waals surface area contributed by atoms with Crippen LogP contribution in [0.1, 0.15) is 11.4 Å². The average molecular weight is 389 g/mol. The Morgan fingerprint density at radius 3 is 2.61 bits per heavy atom. The van der Waals surface area contributed by atoms with Crippen molar-refractivity contribution >= 4 is 28.9 Å². The van der Waals surface area contributed by atoms with E-state index in [2.05, 4.69) is 20.5 Å². The Labute approximate surface area is 156 Å². The fraction of sp³-hybridized carbons (Fsp3) is 0.111. The molecular formula is C18H12F3N4O3-. The van der Waals surface area contributed by atoms with Crippen molar-refractivity contribution in [1.29, 1.82) is 0 Å². The van der Waals surface area contributed by atoms with Crippen LogP contribution < -0.4 is 15.3 Å². The number of carbonyl (C=O) groups is 1. The highest BCUT2D eigenvalue weighted by Gasteiger charge is 2.35. The smallest absolute Gasteiger partial charge is 0.451 e. The first kappa shape index (κ1) is 19.1. The van der Waals surface area contributed by atoms with Gasteiger partial charge in [0.05, 0.1) is 17.7 Å². The molecule has 0 aliphatic carbocycles. The number of alkyl halides is 3. The number of carbonyl (C=O) groups excluding carboxylic acids is 1. The second kappa shape index (κ2) is 7.91. The number of hydrazone groups is 1. The van der Waals surface area contributed by atoms with Crippen LogP contribution in [0, 0.1) is 0 Å². The Kier molecular flexibility index (Phi) is 5.39. The molecule has 28 heavy (non-hydrogen) atoms. The van der Waals surface area contributed by atoms with Gasteiger partial charge in [-0.15, -0.1) is 0 Å². The molecular weight excluding hydrogens is 377 g/mol. The quantitative estimate of drug-likeness (QED) is 0.513. The van der Waals surface area contributed by atoms with Crippen molar-refractivity contribution in [2.45, 2.75) is 6.18 Å². The molecule has 0 saturated heterocycles. The summed E-state index contributed by atoms with van der Waals surface area (Å²) in [6, 6.07) is 12.6. The number of carboxylic acid groups (broad SMARTS) is 1. The zero-order valence-electron chi connectivity index (χ0n) is 14.1. The predicted molar refractivity (Wildman–Crippen MR) is 92.7 cm³/mol. The van der Waals surface area contributed by atoms with Gasteiger partial charge in [-0.25, -0.2) is 9.97 Å². The normalized spacial score (nSPS) is 11.7. The molecule has 0 amide bonds. The molecule has 3 rings (SSSR count). The molecule has 0 spiro atoms. The highest BCUT2D eigenvalue weighted by molar-refractivity contribution is 5.90. The Hall–Kier alpha value is -3.69. The van der Waals surface area contributed by atoms with Crippen LogP contribution in [-0.2, 0) is 11.0 Å². The number of halogens is 3. The summed E-state index contributed by atoms with van der Waals surface area (Å²) in [4.78, 5) is 17.6. The Balaban J connectivity index is 1.89. The number of carboxylic acids is 1. The third kappa shape index (κ3) is 4.53. The van der Waals surface area contributed by atoms with E-state index >= 15 is 0 Å². The Morgan fingerprint density at radius 2 is 1.86 bits per heavy atom. The number of anilines is 1. The molecule has 7 nitrogen and oxygen atoms in total. The number of ether oxygens (including phenoxy) is 1. The number of benzene rings is 2. The lowest BCUT2D eigenvalue weighted by Crippen LogP contribution is -2.29. The van der Waals surface area contributed by atoms with Gasteiger partial charge in [-0.1, -0.05) is 24.3 Å². The lowest BCUT2D eigenvalue weighted by molar-refractivity contribution is -0.307. The number of aromatic nitrogens is 2. The number of aliphatic carboxylic acids is 1. The third-order valence-electron chi connectivity index (χ3n) is 3.50. The molecule has 1 aromatic heterocycles. The second-order valence-corrected chi connectivity index (χ2v) is 5.48. The van der Waals surface area contributed by atoms with Crippen molar-refractivity contribution in [3.63, 3.8) is 0 Å². The van der Waals surface area contributed by atoms with Gasteiger partial charge < -0.3 is 14.6 Å². The minimum absolute atomic E-state index is 0.111. The molecule has 0 aliphatic heterocycles. The maximum atomic E-state index is 13.0. The topological polar surface area (TPSA) is 99.5 Å². The summed E-state index contributed by atoms with van der Waals surface area (Å²) < 4.78 is 44.2. The summed E-state index contributed by atoms with van der Waals surface area (Å²) in [7, 11) is 0. The summed E-state index contributed by atoms with van der Waals surface area (Å²) in [5.41, 5.74) is 2.99. The fourth-order valence-corrected chi connectivity index (χ4v) is 2.31. The maximum Gasteiger partial charge on any atom is 0.451 e. The summed E-state index contributed by atoms with van der Waals surface area (Å²) in [6.45, 7) is -0.649. The number of hydrogen-bond acceptors (Lipinski definition) is 7. The standard InChI is InChI=1S/C18H13F3N4O3/c19-18(20,21)17-23-13-7-3-2-6-12(13)16(24-17)25-22-9-11-5-1-4-8-14(11)28-10-15(26)27/h1-9H,10H2,(H,26,27)(H,23,24,25)/p-1/b22-9-. The third-order valence-corrected chi connectivity index (χ3v) is 3.50. The van der Waals surface area contributed by atoms with Gasteiger partial charge >= 0.3 is 6.18 Å². The fourth-order valence-electron chi connectivity index (χ4n) is 2.31. The molecule has 0 bridgehead atoms. The zero-order chi connectivity index (χ0) is 20.1. The second-order valence-electron chi connectivity index (χ2n) is 5.48. The molecule has 3 aromatic rings. The monoisotopic (exact) mass is 389 g/mol. The molecule has 0 atom stereocenters. The Bertz CT molecular complexity index is 1040. The zero-order valence-corrected chi connectivity index (χ0v) is 14.1. The van der Waals surface area contributed by atoms with Crippen LogP contribution in [-0.4, -0.2) is 28.8 Å². The van der Waals surface area contributed by atoms with Crippen molar-refractivity contribution in [2.75, 3.05) is 12.0 Å². The maximum absolute atomic E-state index is 13.0. The lowest BCUT2D eigenvalue weighted by atomic mass is 10.2. The van der Waals surface area contributed by atoms with Crippen molar-refractivity contribution < 1.29 is 27.8 Å². The Morgan fingerprint density at radius 1 is 1.14 bits per heavy atom. The average Bonchev–Trinajstić information content (AvgIpc) is 2.66. The van der Waals surface area contributed by atoms with Gasteiger partial charge in [-0.3, -0.25) is 5.43 Å². The molecule has 0 fully saturated rings. The van der Waals surface area contributed by atoms with E-state index in [9.17, 15) is 23.1 Å². The van der Waals surface area contributed by atoms with E-state index in [1.165, 1.54) is 18.3 Å². The van der Waals surface area contributed by atoms with Crippen molar-refractivity contribution in [2.24, 2.45) is 5.10 Å². The van der Waals surface area contributed by atoms with Gasteiger partial charge in [0.1, 0.15) is 12.4 Å². The number of para-hydroxylation sites is 2. The first-order valence-electron chi connectivity index (χ1n) is 7.89. The van der Waals surface area contributed by atoms with Gasteiger partial charge in [0.15, 0.2) is 5.82 Å². The number of hydrogen-bond donors (Lipinski definition) is 1. The van der Waals surface area contributed by atoms with Crippen molar-refractivity contribution in [1.82, 2.24) is 9.97 Å². The van der Waals surface area contributed by atoms with E-state index in [-0.39, 0.29) is 17.1 Å². The van der Waals surface area contributed by atoms with Crippen LogP contribution in [0.3, 0.4) is 0 Å². The van der Waals surface area contributed by atoms with Gasteiger partial charge in [0.25, 0.3) is 0 Å². The van der Waals surface area contributed by atoms with Gasteiger partial charge in [0, 0.05) is 10.9 Å². The molecule has 1 N–H and O–H groups in total. The van der Waals surface area contributed by atoms with Crippen molar-refractivity contribution in [3.05, 3.63) is 59.9 Å². The van der Waals surface area contributed by atoms with E-state index in [0.29, 0.717) is 10.9 Å². The van der Waals surface area contributed by atoms with E-state index < -0.39 is 24.6 Å². The number of nitrogens with one attached hydrogen (secondary N) is 1. The highest BCUT2D eigenvalue weighted by atomic mass is 19.4.